The summed E-state index contributed by atoms with van der Waals surface area (Å²) in [7, 11) is 0. The second-order valence-electron chi connectivity index (χ2n) is 8.67. The van der Waals surface area contributed by atoms with Crippen molar-refractivity contribution in [2.24, 2.45) is 0 Å². The summed E-state index contributed by atoms with van der Waals surface area (Å²) < 4.78 is 8.85. The first kappa shape index (κ1) is 18.3. The summed E-state index contributed by atoms with van der Waals surface area (Å²) in [4.78, 5) is 12.7. The van der Waals surface area contributed by atoms with Crippen LogP contribution in [0, 0.1) is 0 Å². The Morgan fingerprint density at radius 2 is 1.82 bits per heavy atom. The van der Waals surface area contributed by atoms with Gasteiger partial charge in [0.25, 0.3) is 0 Å². The van der Waals surface area contributed by atoms with E-state index in [0.29, 0.717) is 11.5 Å². The van der Waals surface area contributed by atoms with Crippen molar-refractivity contribution in [2.75, 3.05) is 0 Å². The molecular formula is C23H27NO3S. The number of benzene rings is 1. The Morgan fingerprint density at radius 3 is 2.50 bits per heavy atom. The number of nitrogens with one attached hydrogen (secondary N) is 1. The molecule has 1 atom stereocenters. The number of rotatable bonds is 4. The first-order valence-corrected chi connectivity index (χ1v) is 11.3. The lowest BCUT2D eigenvalue weighted by molar-refractivity contribution is -0.118. The Bertz CT molecular complexity index is 912. The molecule has 4 nitrogen and oxygen atoms in total. The molecule has 1 heterocycles. The van der Waals surface area contributed by atoms with Crippen LogP contribution in [0.4, 0.5) is 0 Å². The Kier molecular flexibility index (Phi) is 4.55. The summed E-state index contributed by atoms with van der Waals surface area (Å²) in [6.45, 7) is 1.84. The summed E-state index contributed by atoms with van der Waals surface area (Å²) in [6, 6.07) is 4.29. The Balaban J connectivity index is 1.30. The number of furan rings is 1. The number of carbonyl (C=O) groups excluding carboxylic acids is 1. The molecule has 1 aromatic heterocycles. The summed E-state index contributed by atoms with van der Waals surface area (Å²) in [6.07, 6.45) is 9.93. The van der Waals surface area contributed by atoms with Gasteiger partial charge in [-0.15, -0.1) is 0 Å². The molecule has 148 valence electrons. The Hall–Kier alpha value is -1.72. The van der Waals surface area contributed by atoms with Gasteiger partial charge in [-0.3, -0.25) is 9.52 Å². The van der Waals surface area contributed by atoms with Crippen molar-refractivity contribution >= 4 is 17.9 Å². The van der Waals surface area contributed by atoms with Gasteiger partial charge in [-0.1, -0.05) is 6.07 Å². The molecule has 2 N–H and O–H groups in total. The number of hydrogen-bond acceptors (Lipinski definition) is 4. The summed E-state index contributed by atoms with van der Waals surface area (Å²) in [5, 5.41) is 11.2. The van der Waals surface area contributed by atoms with Crippen LogP contribution in [0.15, 0.2) is 21.6 Å². The van der Waals surface area contributed by atoms with E-state index in [9.17, 15) is 9.90 Å². The zero-order valence-electron chi connectivity index (χ0n) is 16.4. The predicted octanol–water partition coefficient (Wildman–Crippen LogP) is 4.17. The highest BCUT2D eigenvalue weighted by Gasteiger charge is 2.33. The standard InChI is InChI=1S/C23H27NO3S/c1-23(26)10-4-9-20-19(23)13-22(27-20)28-24-21(25)12-18-16-7-2-5-14(16)11-15-6-3-8-17(15)18/h11,13,26H,2-10,12H2,1H3,(H,24,25). The summed E-state index contributed by atoms with van der Waals surface area (Å²) in [5.41, 5.74) is 7.14. The molecule has 5 heteroatoms. The van der Waals surface area contributed by atoms with Crippen molar-refractivity contribution in [3.63, 3.8) is 0 Å². The third-order valence-electron chi connectivity index (χ3n) is 6.63. The van der Waals surface area contributed by atoms with Gasteiger partial charge in [0.15, 0.2) is 5.09 Å². The molecule has 1 aromatic carbocycles. The maximum Gasteiger partial charge on any atom is 0.234 e. The van der Waals surface area contributed by atoms with E-state index in [1.807, 2.05) is 13.0 Å². The van der Waals surface area contributed by atoms with Crippen molar-refractivity contribution in [3.05, 3.63) is 51.3 Å². The molecule has 1 amide bonds. The molecule has 5 rings (SSSR count). The van der Waals surface area contributed by atoms with E-state index >= 15 is 0 Å². The number of carbonyl (C=O) groups is 1. The van der Waals surface area contributed by atoms with Gasteiger partial charge in [-0.25, -0.2) is 0 Å². The van der Waals surface area contributed by atoms with Crippen molar-refractivity contribution in [1.29, 1.82) is 0 Å². The lowest BCUT2D eigenvalue weighted by atomic mass is 9.85. The molecule has 0 radical (unpaired) electrons. The molecule has 0 bridgehead atoms. The lowest BCUT2D eigenvalue weighted by Crippen LogP contribution is -2.25. The second-order valence-corrected chi connectivity index (χ2v) is 9.48. The minimum atomic E-state index is -0.828. The molecule has 0 aliphatic heterocycles. The number of fused-ring (bicyclic) bond motifs is 3. The van der Waals surface area contributed by atoms with Crippen LogP contribution in [0.2, 0.25) is 0 Å². The molecule has 0 fully saturated rings. The average Bonchev–Trinajstić information content (AvgIpc) is 3.38. The van der Waals surface area contributed by atoms with Gasteiger partial charge in [0, 0.05) is 23.9 Å². The van der Waals surface area contributed by atoms with E-state index in [0.717, 1.165) is 56.3 Å². The molecule has 28 heavy (non-hydrogen) atoms. The number of hydrogen-bond donors (Lipinski definition) is 2. The van der Waals surface area contributed by atoms with Crippen LogP contribution in [0.1, 0.15) is 71.7 Å². The third-order valence-corrected chi connectivity index (χ3v) is 7.37. The van der Waals surface area contributed by atoms with Crippen LogP contribution in [0.25, 0.3) is 0 Å². The quantitative estimate of drug-likeness (QED) is 0.760. The Morgan fingerprint density at radius 1 is 1.11 bits per heavy atom. The van der Waals surface area contributed by atoms with E-state index < -0.39 is 5.60 Å². The maximum absolute atomic E-state index is 12.7. The van der Waals surface area contributed by atoms with Gasteiger partial charge in [-0.2, -0.15) is 0 Å². The fourth-order valence-electron chi connectivity index (χ4n) is 5.28. The third kappa shape index (κ3) is 3.18. The number of aryl methyl sites for hydroxylation is 3. The molecule has 0 spiro atoms. The zero-order chi connectivity index (χ0) is 19.3. The van der Waals surface area contributed by atoms with Gasteiger partial charge >= 0.3 is 0 Å². The maximum atomic E-state index is 12.7. The van der Waals surface area contributed by atoms with Gasteiger partial charge in [0.05, 0.1) is 12.0 Å². The van der Waals surface area contributed by atoms with E-state index in [2.05, 4.69) is 10.8 Å². The SMILES string of the molecule is CC1(O)CCCc2oc(SNC(=O)Cc3c4c(cc5c3CCC5)CCC4)cc21. The van der Waals surface area contributed by atoms with Crippen molar-refractivity contribution in [1.82, 2.24) is 4.72 Å². The zero-order valence-corrected chi connectivity index (χ0v) is 17.2. The molecule has 3 aliphatic carbocycles. The normalized spacial score (nSPS) is 22.6. The van der Waals surface area contributed by atoms with E-state index in [-0.39, 0.29) is 5.91 Å². The van der Waals surface area contributed by atoms with Crippen LogP contribution in [0.3, 0.4) is 0 Å². The van der Waals surface area contributed by atoms with Crippen LogP contribution in [0.5, 0.6) is 0 Å². The number of aliphatic hydroxyl groups is 1. The number of amides is 1. The van der Waals surface area contributed by atoms with Crippen molar-refractivity contribution in [2.45, 2.75) is 81.8 Å². The molecule has 3 aliphatic rings. The first-order valence-electron chi connectivity index (χ1n) is 10.5. The van der Waals surface area contributed by atoms with E-state index in [4.69, 9.17) is 4.42 Å². The van der Waals surface area contributed by atoms with Gasteiger partial charge in [-0.05, 0) is 92.2 Å². The van der Waals surface area contributed by atoms with Crippen LogP contribution >= 0.6 is 11.9 Å². The molecule has 2 aromatic rings. The lowest BCUT2D eigenvalue weighted by Gasteiger charge is -2.26. The average molecular weight is 398 g/mol. The molecule has 0 saturated carbocycles. The minimum absolute atomic E-state index is 0.0283. The van der Waals surface area contributed by atoms with E-state index in [1.54, 1.807) is 0 Å². The smallest absolute Gasteiger partial charge is 0.234 e. The molecular weight excluding hydrogens is 370 g/mol. The second kappa shape index (κ2) is 6.96. The van der Waals surface area contributed by atoms with Crippen LogP contribution < -0.4 is 4.72 Å². The van der Waals surface area contributed by atoms with E-state index in [1.165, 1.54) is 52.6 Å². The highest BCUT2D eigenvalue weighted by Crippen LogP contribution is 2.39. The first-order chi connectivity index (χ1) is 13.5. The molecule has 0 saturated heterocycles. The largest absolute Gasteiger partial charge is 0.453 e. The monoisotopic (exact) mass is 397 g/mol. The Labute approximate surface area is 170 Å². The fourth-order valence-corrected chi connectivity index (χ4v) is 5.88. The van der Waals surface area contributed by atoms with Crippen molar-refractivity contribution in [3.8, 4) is 0 Å². The minimum Gasteiger partial charge on any atom is -0.453 e. The van der Waals surface area contributed by atoms with Gasteiger partial charge in [0.2, 0.25) is 5.91 Å². The van der Waals surface area contributed by atoms with Crippen molar-refractivity contribution < 1.29 is 14.3 Å². The highest BCUT2D eigenvalue weighted by atomic mass is 32.2. The summed E-state index contributed by atoms with van der Waals surface area (Å²) >= 11 is 1.23. The van der Waals surface area contributed by atoms with Gasteiger partial charge < -0.3 is 9.52 Å². The summed E-state index contributed by atoms with van der Waals surface area (Å²) in [5.74, 6) is 0.882. The van der Waals surface area contributed by atoms with Crippen LogP contribution in [-0.4, -0.2) is 11.0 Å². The topological polar surface area (TPSA) is 62.5 Å². The molecule has 1 unspecified atom stereocenters. The fraction of sp³-hybridized carbons (Fsp3) is 0.522. The van der Waals surface area contributed by atoms with Crippen LogP contribution in [-0.2, 0) is 48.9 Å². The van der Waals surface area contributed by atoms with Gasteiger partial charge in [0.1, 0.15) is 5.76 Å². The predicted molar refractivity (Wildman–Crippen MR) is 109 cm³/mol. The highest BCUT2D eigenvalue weighted by molar-refractivity contribution is 7.97.